The van der Waals surface area contributed by atoms with Crippen molar-refractivity contribution in [2.24, 2.45) is 5.89 Å². The standard InChI is InChI=1S/C16H24IN3O/c1-12-2-4-14(5-3-12)18-15-10-13(17)11-16(19-15)20-6-8-21-9-7-20/h10-12,14H,2-9H2,1H3,(H,18,19)/i12D. The molecule has 0 spiro atoms. The number of hydrogen-bond donors (Lipinski definition) is 1. The molecule has 1 aliphatic carbocycles. The number of halogens is 1. The first-order valence-corrected chi connectivity index (χ1v) is 8.87. The van der Waals surface area contributed by atoms with E-state index in [-0.39, 0.29) is 5.89 Å². The molecule has 5 heteroatoms. The van der Waals surface area contributed by atoms with Crippen LogP contribution in [0.3, 0.4) is 0 Å². The molecule has 2 fully saturated rings. The molecule has 2 aliphatic rings. The van der Waals surface area contributed by atoms with Gasteiger partial charge in [-0.25, -0.2) is 4.98 Å². The summed E-state index contributed by atoms with van der Waals surface area (Å²) in [5, 5.41) is 3.58. The molecule has 1 saturated heterocycles. The average Bonchev–Trinajstić information content (AvgIpc) is 2.50. The Balaban J connectivity index is 1.67. The highest BCUT2D eigenvalue weighted by molar-refractivity contribution is 14.1. The summed E-state index contributed by atoms with van der Waals surface area (Å²) in [5.41, 5.74) is 0. The molecule has 0 aromatic carbocycles. The number of anilines is 2. The number of hydrogen-bond acceptors (Lipinski definition) is 4. The van der Waals surface area contributed by atoms with Gasteiger partial charge in [-0.15, -0.1) is 0 Å². The van der Waals surface area contributed by atoms with Gasteiger partial charge in [-0.2, -0.15) is 0 Å². The number of pyridine rings is 1. The van der Waals surface area contributed by atoms with E-state index in [1.54, 1.807) is 0 Å². The fourth-order valence-electron chi connectivity index (χ4n) is 2.98. The van der Waals surface area contributed by atoms with Crippen molar-refractivity contribution in [2.45, 2.75) is 38.6 Å². The van der Waals surface area contributed by atoms with Crippen molar-refractivity contribution < 1.29 is 6.11 Å². The molecular weight excluding hydrogens is 377 g/mol. The molecule has 21 heavy (non-hydrogen) atoms. The highest BCUT2D eigenvalue weighted by atomic mass is 127. The second kappa shape index (κ2) is 7.13. The van der Waals surface area contributed by atoms with E-state index in [4.69, 9.17) is 11.1 Å². The lowest BCUT2D eigenvalue weighted by Crippen LogP contribution is -2.37. The van der Waals surface area contributed by atoms with Crippen molar-refractivity contribution in [2.75, 3.05) is 36.5 Å². The third kappa shape index (κ3) is 4.22. The van der Waals surface area contributed by atoms with Crippen LogP contribution in [0, 0.1) is 9.46 Å². The summed E-state index contributed by atoms with van der Waals surface area (Å²) in [4.78, 5) is 7.09. The molecule has 1 aromatic heterocycles. The van der Waals surface area contributed by atoms with E-state index < -0.39 is 0 Å². The summed E-state index contributed by atoms with van der Waals surface area (Å²) >= 11 is 2.36. The first-order valence-electron chi connectivity index (χ1n) is 8.29. The van der Waals surface area contributed by atoms with Gasteiger partial charge in [0.2, 0.25) is 0 Å². The van der Waals surface area contributed by atoms with Crippen LogP contribution in [-0.4, -0.2) is 37.3 Å². The zero-order valence-corrected chi connectivity index (χ0v) is 14.7. The largest absolute Gasteiger partial charge is 0.378 e. The molecule has 0 bridgehead atoms. The van der Waals surface area contributed by atoms with E-state index in [0.717, 1.165) is 63.6 Å². The number of morpholine rings is 1. The minimum atomic E-state index is -0.240. The summed E-state index contributed by atoms with van der Waals surface area (Å²) in [6.07, 6.45) is 4.04. The number of nitrogens with zero attached hydrogens (tertiary/aromatic N) is 2. The Morgan fingerprint density at radius 1 is 1.29 bits per heavy atom. The lowest BCUT2D eigenvalue weighted by Gasteiger charge is -2.30. The molecule has 1 aliphatic heterocycles. The van der Waals surface area contributed by atoms with E-state index >= 15 is 0 Å². The van der Waals surface area contributed by atoms with Gasteiger partial charge in [-0.1, -0.05) is 6.92 Å². The van der Waals surface area contributed by atoms with E-state index in [1.165, 1.54) is 3.57 Å². The van der Waals surface area contributed by atoms with Crippen LogP contribution in [0.2, 0.25) is 0 Å². The van der Waals surface area contributed by atoms with Crippen molar-refractivity contribution in [3.05, 3.63) is 15.7 Å². The third-order valence-corrected chi connectivity index (χ3v) is 4.93. The van der Waals surface area contributed by atoms with Gasteiger partial charge in [0.15, 0.2) is 0 Å². The van der Waals surface area contributed by atoms with Crippen LogP contribution in [0.15, 0.2) is 12.1 Å². The zero-order chi connectivity index (χ0) is 15.6. The summed E-state index contributed by atoms with van der Waals surface area (Å²) in [7, 11) is 0. The summed E-state index contributed by atoms with van der Waals surface area (Å²) in [6, 6.07) is 4.69. The molecule has 0 radical (unpaired) electrons. The summed E-state index contributed by atoms with van der Waals surface area (Å²) in [5.74, 6) is 1.76. The average molecular weight is 402 g/mol. The van der Waals surface area contributed by atoms with Crippen LogP contribution >= 0.6 is 22.6 Å². The second-order valence-electron chi connectivity index (χ2n) is 6.00. The highest BCUT2D eigenvalue weighted by Crippen LogP contribution is 2.27. The first kappa shape index (κ1) is 14.1. The molecule has 1 saturated carbocycles. The molecule has 116 valence electrons. The maximum Gasteiger partial charge on any atom is 0.132 e. The molecule has 1 aromatic rings. The fraction of sp³-hybridized carbons (Fsp3) is 0.688. The molecule has 4 nitrogen and oxygen atoms in total. The van der Waals surface area contributed by atoms with Crippen LogP contribution in [-0.2, 0) is 4.74 Å². The monoisotopic (exact) mass is 402 g/mol. The van der Waals surface area contributed by atoms with Crippen molar-refractivity contribution in [1.29, 1.82) is 0 Å². The van der Waals surface area contributed by atoms with Crippen molar-refractivity contribution in [3.63, 3.8) is 0 Å². The Morgan fingerprint density at radius 3 is 2.71 bits per heavy atom. The van der Waals surface area contributed by atoms with Gasteiger partial charge in [0.05, 0.1) is 13.2 Å². The lowest BCUT2D eigenvalue weighted by atomic mass is 9.87. The Hall–Kier alpha value is -0.560. The normalized spacial score (nSPS) is 30.9. The Bertz CT molecular complexity index is 510. The highest BCUT2D eigenvalue weighted by Gasteiger charge is 2.19. The maximum atomic E-state index is 8.13. The predicted octanol–water partition coefficient (Wildman–Crippen LogP) is 3.51. The Labute approximate surface area is 142 Å². The van der Waals surface area contributed by atoms with Crippen LogP contribution in [0.4, 0.5) is 11.6 Å². The Morgan fingerprint density at radius 2 is 2.00 bits per heavy atom. The first-order chi connectivity index (χ1) is 10.5. The Kier molecular flexibility index (Phi) is 4.78. The number of ether oxygens (including phenoxy) is 1. The van der Waals surface area contributed by atoms with E-state index in [9.17, 15) is 0 Å². The number of nitrogens with one attached hydrogen (secondary N) is 1. The quantitative estimate of drug-likeness (QED) is 0.786. The van der Waals surface area contributed by atoms with Gasteiger partial charge in [0.1, 0.15) is 11.6 Å². The predicted molar refractivity (Wildman–Crippen MR) is 95.0 cm³/mol. The minimum Gasteiger partial charge on any atom is -0.378 e. The minimum absolute atomic E-state index is 0.240. The van der Waals surface area contributed by atoms with Gasteiger partial charge >= 0.3 is 0 Å². The van der Waals surface area contributed by atoms with Gasteiger partial charge in [-0.3, -0.25) is 0 Å². The van der Waals surface area contributed by atoms with Gasteiger partial charge in [0, 0.05) is 24.1 Å². The summed E-state index contributed by atoms with van der Waals surface area (Å²) < 4.78 is 14.8. The molecule has 3 rings (SSSR count). The van der Waals surface area contributed by atoms with E-state index in [1.807, 2.05) is 6.92 Å². The van der Waals surface area contributed by atoms with Crippen molar-refractivity contribution in [3.8, 4) is 0 Å². The lowest BCUT2D eigenvalue weighted by molar-refractivity contribution is 0.122. The SMILES string of the molecule is [2H]C1(C)CCC(Nc2cc(I)cc(N3CCOCC3)n2)CC1. The van der Waals surface area contributed by atoms with Crippen LogP contribution < -0.4 is 10.2 Å². The van der Waals surface area contributed by atoms with Crippen LogP contribution in [0.25, 0.3) is 0 Å². The molecular formula is C16H24IN3O. The smallest absolute Gasteiger partial charge is 0.132 e. The fourth-order valence-corrected chi connectivity index (χ4v) is 3.55. The van der Waals surface area contributed by atoms with Crippen molar-refractivity contribution in [1.82, 2.24) is 4.98 Å². The zero-order valence-electron chi connectivity index (χ0n) is 13.6. The molecule has 2 heterocycles. The maximum absolute atomic E-state index is 8.13. The van der Waals surface area contributed by atoms with Gasteiger partial charge in [0.25, 0.3) is 0 Å². The van der Waals surface area contributed by atoms with E-state index in [2.05, 4.69) is 44.9 Å². The molecule has 0 unspecified atom stereocenters. The third-order valence-electron chi connectivity index (χ3n) is 4.30. The molecule has 1 N–H and O–H groups in total. The van der Waals surface area contributed by atoms with Crippen molar-refractivity contribution >= 4 is 34.2 Å². The van der Waals surface area contributed by atoms with Crippen LogP contribution in [0.5, 0.6) is 0 Å². The second-order valence-corrected chi connectivity index (χ2v) is 7.25. The number of rotatable bonds is 3. The molecule has 0 atom stereocenters. The molecule has 0 amide bonds. The topological polar surface area (TPSA) is 37.4 Å². The summed E-state index contributed by atoms with van der Waals surface area (Å²) in [6.45, 7) is 5.42. The van der Waals surface area contributed by atoms with Gasteiger partial charge < -0.3 is 15.0 Å². The van der Waals surface area contributed by atoms with Gasteiger partial charge in [-0.05, 0) is 66.3 Å². The number of aromatic nitrogens is 1. The van der Waals surface area contributed by atoms with E-state index in [0.29, 0.717) is 6.04 Å². The van der Waals surface area contributed by atoms with Crippen LogP contribution in [0.1, 0.15) is 34.0 Å².